The number of aryl methyl sites for hydroxylation is 1. The summed E-state index contributed by atoms with van der Waals surface area (Å²) in [5, 5.41) is 0. The summed E-state index contributed by atoms with van der Waals surface area (Å²) in [4.78, 5) is 12.4. The average molecular weight is 298 g/mol. The molecule has 1 aromatic carbocycles. The Bertz CT molecular complexity index is 633. The number of rotatable bonds is 1. The zero-order chi connectivity index (χ0) is 15.5. The van der Waals surface area contributed by atoms with Gasteiger partial charge in [0, 0.05) is 17.4 Å². The number of carbonyl (C=O) groups excluding carboxylic acids is 1. The zero-order valence-corrected chi connectivity index (χ0v) is 13.9. The van der Waals surface area contributed by atoms with Crippen molar-refractivity contribution in [3.05, 3.63) is 28.8 Å². The average Bonchev–Trinajstić information content (AvgIpc) is 2.83. The minimum Gasteiger partial charge on any atom is -0.496 e. The number of Topliss-reactive ketones (excluding diaryl/α,β-unsaturated/α-hetero) is 1. The lowest BCUT2D eigenvalue weighted by Gasteiger charge is -2.48. The zero-order valence-electron chi connectivity index (χ0n) is 13.9. The molecule has 118 valence electrons. The minimum atomic E-state index is -0.0320. The molecule has 0 spiro atoms. The Labute approximate surface area is 133 Å². The molecule has 1 aromatic rings. The maximum atomic E-state index is 12.4. The van der Waals surface area contributed by atoms with Crippen molar-refractivity contribution in [3.63, 3.8) is 0 Å². The summed E-state index contributed by atoms with van der Waals surface area (Å²) in [7, 11) is 1.79. The molecule has 2 fully saturated rings. The number of hydrogen-bond acceptors (Lipinski definition) is 2. The summed E-state index contributed by atoms with van der Waals surface area (Å²) in [6.07, 6.45) is 6.53. The minimum absolute atomic E-state index is 0.0320. The summed E-state index contributed by atoms with van der Waals surface area (Å²) in [5.74, 6) is 3.47. The fourth-order valence-electron chi connectivity index (χ4n) is 5.80. The quantitative estimate of drug-likeness (QED) is 0.766. The van der Waals surface area contributed by atoms with E-state index >= 15 is 0 Å². The third-order valence-electron chi connectivity index (χ3n) is 7.02. The predicted molar refractivity (Wildman–Crippen MR) is 87.4 cm³/mol. The lowest BCUT2D eigenvalue weighted by Crippen LogP contribution is -2.42. The van der Waals surface area contributed by atoms with Crippen LogP contribution in [-0.4, -0.2) is 12.9 Å². The molecule has 0 saturated heterocycles. The van der Waals surface area contributed by atoms with Gasteiger partial charge in [0.25, 0.3) is 0 Å². The van der Waals surface area contributed by atoms with Gasteiger partial charge in [-0.15, -0.1) is 0 Å². The van der Waals surface area contributed by atoms with Gasteiger partial charge in [-0.1, -0.05) is 13.0 Å². The molecule has 4 rings (SSSR count). The lowest BCUT2D eigenvalue weighted by atomic mass is 9.55. The molecule has 0 radical (unpaired) electrons. The van der Waals surface area contributed by atoms with Crippen molar-refractivity contribution in [2.24, 2.45) is 17.3 Å². The maximum Gasteiger partial charge on any atom is 0.139 e. The lowest BCUT2D eigenvalue weighted by molar-refractivity contribution is -0.129. The van der Waals surface area contributed by atoms with Crippen molar-refractivity contribution in [2.45, 2.75) is 58.3 Å². The summed E-state index contributed by atoms with van der Waals surface area (Å²) in [6.45, 7) is 4.47. The summed E-state index contributed by atoms with van der Waals surface area (Å²) in [5.41, 5.74) is 4.37. The molecule has 3 aliphatic rings. The van der Waals surface area contributed by atoms with E-state index in [0.717, 1.165) is 37.9 Å². The Balaban J connectivity index is 1.79. The van der Waals surface area contributed by atoms with Gasteiger partial charge >= 0.3 is 0 Å². The van der Waals surface area contributed by atoms with Crippen molar-refractivity contribution < 1.29 is 9.53 Å². The number of ketones is 1. The maximum absolute atomic E-state index is 12.4. The summed E-state index contributed by atoms with van der Waals surface area (Å²) >= 11 is 0. The van der Waals surface area contributed by atoms with Crippen LogP contribution in [0.4, 0.5) is 0 Å². The molecule has 0 amide bonds. The highest BCUT2D eigenvalue weighted by atomic mass is 16.5. The predicted octanol–water partition coefficient (Wildman–Crippen LogP) is 4.43. The highest BCUT2D eigenvalue weighted by Crippen LogP contribution is 2.60. The number of methoxy groups -OCH3 is 1. The van der Waals surface area contributed by atoms with E-state index in [-0.39, 0.29) is 5.41 Å². The third kappa shape index (κ3) is 1.76. The van der Waals surface area contributed by atoms with Crippen molar-refractivity contribution in [1.82, 2.24) is 0 Å². The smallest absolute Gasteiger partial charge is 0.139 e. The number of fused-ring (bicyclic) bond motifs is 5. The SMILES string of the molecule is COc1ccc(C)c2c1[C@@H]1CC[C@]3(C)C(=O)CC[C@H]3[C@H]1CC2. The van der Waals surface area contributed by atoms with Gasteiger partial charge in [-0.2, -0.15) is 0 Å². The number of carbonyl (C=O) groups is 1. The van der Waals surface area contributed by atoms with Crippen molar-refractivity contribution >= 4 is 5.78 Å². The Morgan fingerprint density at radius 1 is 1.18 bits per heavy atom. The first-order valence-electron chi connectivity index (χ1n) is 8.76. The van der Waals surface area contributed by atoms with E-state index in [4.69, 9.17) is 4.74 Å². The third-order valence-corrected chi connectivity index (χ3v) is 7.02. The molecule has 0 bridgehead atoms. The van der Waals surface area contributed by atoms with Crippen LogP contribution < -0.4 is 4.74 Å². The molecule has 0 heterocycles. The first-order chi connectivity index (χ1) is 10.6. The molecule has 0 aliphatic heterocycles. The molecule has 0 aromatic heterocycles. The van der Waals surface area contributed by atoms with Crippen LogP contribution in [0.15, 0.2) is 12.1 Å². The normalized spacial score (nSPS) is 36.5. The Morgan fingerprint density at radius 2 is 2.00 bits per heavy atom. The monoisotopic (exact) mass is 298 g/mol. The van der Waals surface area contributed by atoms with Gasteiger partial charge in [-0.25, -0.2) is 0 Å². The van der Waals surface area contributed by atoms with Crippen LogP contribution in [0.1, 0.15) is 61.6 Å². The second kappa shape index (κ2) is 4.84. The number of hydrogen-bond donors (Lipinski definition) is 0. The molecule has 3 aliphatic carbocycles. The van der Waals surface area contributed by atoms with Crippen molar-refractivity contribution in [3.8, 4) is 5.75 Å². The fraction of sp³-hybridized carbons (Fsp3) is 0.650. The fourth-order valence-corrected chi connectivity index (χ4v) is 5.80. The second-order valence-electron chi connectivity index (χ2n) is 7.81. The van der Waals surface area contributed by atoms with Crippen LogP contribution in [-0.2, 0) is 11.2 Å². The molecular weight excluding hydrogens is 272 g/mol. The summed E-state index contributed by atoms with van der Waals surface area (Å²) < 4.78 is 5.71. The molecular formula is C20H26O2. The van der Waals surface area contributed by atoms with Crippen LogP contribution >= 0.6 is 0 Å². The van der Waals surface area contributed by atoms with E-state index in [1.54, 1.807) is 7.11 Å². The van der Waals surface area contributed by atoms with Gasteiger partial charge < -0.3 is 4.74 Å². The number of benzene rings is 1. The molecule has 0 unspecified atom stereocenters. The molecule has 0 N–H and O–H groups in total. The largest absolute Gasteiger partial charge is 0.496 e. The highest BCUT2D eigenvalue weighted by Gasteiger charge is 2.55. The van der Waals surface area contributed by atoms with E-state index in [9.17, 15) is 4.79 Å². The highest BCUT2D eigenvalue weighted by molar-refractivity contribution is 5.87. The molecule has 2 nitrogen and oxygen atoms in total. The van der Waals surface area contributed by atoms with E-state index in [0.29, 0.717) is 23.5 Å². The van der Waals surface area contributed by atoms with E-state index in [1.807, 2.05) is 0 Å². The van der Waals surface area contributed by atoms with Gasteiger partial charge in [0.2, 0.25) is 0 Å². The van der Waals surface area contributed by atoms with Gasteiger partial charge in [0.15, 0.2) is 0 Å². The van der Waals surface area contributed by atoms with Gasteiger partial charge in [0.1, 0.15) is 11.5 Å². The first kappa shape index (κ1) is 14.3. The topological polar surface area (TPSA) is 26.3 Å². The molecule has 2 heteroatoms. The van der Waals surface area contributed by atoms with Crippen molar-refractivity contribution in [1.29, 1.82) is 0 Å². The Morgan fingerprint density at radius 3 is 2.77 bits per heavy atom. The van der Waals surface area contributed by atoms with Gasteiger partial charge in [-0.3, -0.25) is 4.79 Å². The van der Waals surface area contributed by atoms with Crippen molar-refractivity contribution in [2.75, 3.05) is 7.11 Å². The summed E-state index contributed by atoms with van der Waals surface area (Å²) in [6, 6.07) is 4.34. The van der Waals surface area contributed by atoms with Crippen LogP contribution in [0, 0.1) is 24.2 Å². The Hall–Kier alpha value is -1.31. The molecule has 2 saturated carbocycles. The van der Waals surface area contributed by atoms with Crippen LogP contribution in [0.3, 0.4) is 0 Å². The first-order valence-corrected chi connectivity index (χ1v) is 8.76. The standard InChI is InChI=1S/C20H26O2/c1-12-4-8-17(22-3)19-13(12)5-6-14-15(19)10-11-20(2)16(14)7-9-18(20)21/h4,8,14-16H,5-7,9-11H2,1-3H3/t14-,15+,16-,20-/m0/s1. The molecule has 4 atom stereocenters. The Kier molecular flexibility index (Phi) is 3.15. The van der Waals surface area contributed by atoms with Crippen LogP contribution in [0.5, 0.6) is 5.75 Å². The van der Waals surface area contributed by atoms with Gasteiger partial charge in [-0.05, 0) is 74.0 Å². The second-order valence-corrected chi connectivity index (χ2v) is 7.81. The van der Waals surface area contributed by atoms with E-state index < -0.39 is 0 Å². The van der Waals surface area contributed by atoms with E-state index in [1.165, 1.54) is 23.1 Å². The van der Waals surface area contributed by atoms with Crippen LogP contribution in [0.25, 0.3) is 0 Å². The van der Waals surface area contributed by atoms with Crippen LogP contribution in [0.2, 0.25) is 0 Å². The molecule has 22 heavy (non-hydrogen) atoms. The number of ether oxygens (including phenoxy) is 1. The van der Waals surface area contributed by atoms with Gasteiger partial charge in [0.05, 0.1) is 7.11 Å². The van der Waals surface area contributed by atoms with E-state index in [2.05, 4.69) is 26.0 Å².